The molecule has 1 aliphatic rings. The van der Waals surface area contributed by atoms with Crippen LogP contribution in [0.3, 0.4) is 0 Å². The summed E-state index contributed by atoms with van der Waals surface area (Å²) in [6, 6.07) is 2.40. The quantitative estimate of drug-likeness (QED) is 0.797. The van der Waals surface area contributed by atoms with E-state index >= 15 is 0 Å². The largest absolute Gasteiger partial charge is 0.303 e. The molecule has 1 saturated heterocycles. The first-order valence-electron chi connectivity index (χ1n) is 6.89. The van der Waals surface area contributed by atoms with E-state index in [4.69, 9.17) is 0 Å². The number of hydrogen-bond donors (Lipinski definition) is 1. The Bertz CT molecular complexity index is 271. The average molecular weight is 237 g/mol. The number of likely N-dealkylation sites (tertiary alicyclic amines) is 1. The molecule has 98 valence electrons. The van der Waals surface area contributed by atoms with Crippen LogP contribution in [-0.2, 0) is 0 Å². The fourth-order valence-electron chi connectivity index (χ4n) is 2.51. The van der Waals surface area contributed by atoms with Gasteiger partial charge in [0.25, 0.3) is 0 Å². The number of piperidine rings is 1. The normalized spacial score (nSPS) is 29.6. The zero-order valence-electron chi connectivity index (χ0n) is 11.8. The molecule has 3 unspecified atom stereocenters. The summed E-state index contributed by atoms with van der Waals surface area (Å²) in [5.41, 5.74) is -0.360. The lowest BCUT2D eigenvalue weighted by atomic mass is 9.88. The molecule has 3 heteroatoms. The minimum absolute atomic E-state index is 0.360. The van der Waals surface area contributed by atoms with Gasteiger partial charge in [0.15, 0.2) is 0 Å². The van der Waals surface area contributed by atoms with Gasteiger partial charge < -0.3 is 4.90 Å². The topological polar surface area (TPSA) is 39.1 Å². The van der Waals surface area contributed by atoms with E-state index in [1.165, 1.54) is 19.5 Å². The molecule has 0 aromatic rings. The first-order chi connectivity index (χ1) is 8.00. The Morgan fingerprint density at radius 3 is 2.65 bits per heavy atom. The average Bonchev–Trinajstić information content (AvgIpc) is 2.31. The lowest BCUT2D eigenvalue weighted by Crippen LogP contribution is -2.46. The van der Waals surface area contributed by atoms with Crippen molar-refractivity contribution < 1.29 is 0 Å². The summed E-state index contributed by atoms with van der Waals surface area (Å²) in [6.45, 7) is 13.0. The van der Waals surface area contributed by atoms with Gasteiger partial charge in [0, 0.05) is 13.1 Å². The second-order valence-electron chi connectivity index (χ2n) is 5.77. The predicted octanol–water partition coefficient (Wildman–Crippen LogP) is 2.25. The summed E-state index contributed by atoms with van der Waals surface area (Å²) in [6.07, 6.45) is 2.21. The molecule has 0 radical (unpaired) electrons. The predicted molar refractivity (Wildman–Crippen MR) is 71.7 cm³/mol. The number of nitrogens with one attached hydrogen (secondary N) is 1. The van der Waals surface area contributed by atoms with Crippen LogP contribution in [0.2, 0.25) is 0 Å². The molecule has 17 heavy (non-hydrogen) atoms. The van der Waals surface area contributed by atoms with Crippen LogP contribution in [0.1, 0.15) is 40.5 Å². The molecule has 0 spiro atoms. The number of nitrogens with zero attached hydrogens (tertiary/aromatic N) is 2. The van der Waals surface area contributed by atoms with Crippen molar-refractivity contribution >= 4 is 0 Å². The van der Waals surface area contributed by atoms with E-state index in [9.17, 15) is 5.26 Å². The summed E-state index contributed by atoms with van der Waals surface area (Å²) in [5.74, 6) is 1.64. The first-order valence-corrected chi connectivity index (χ1v) is 6.89. The minimum atomic E-state index is -0.360. The highest BCUT2D eigenvalue weighted by atomic mass is 15.1. The molecule has 0 aromatic heterocycles. The molecule has 1 rings (SSSR count). The Kier molecular flexibility index (Phi) is 5.42. The van der Waals surface area contributed by atoms with Crippen LogP contribution in [0.15, 0.2) is 0 Å². The fraction of sp³-hybridized carbons (Fsp3) is 0.929. The molecule has 1 N–H and O–H groups in total. The van der Waals surface area contributed by atoms with Crippen LogP contribution < -0.4 is 5.32 Å². The van der Waals surface area contributed by atoms with Crippen molar-refractivity contribution in [1.29, 1.82) is 5.26 Å². The fourth-order valence-corrected chi connectivity index (χ4v) is 2.51. The monoisotopic (exact) mass is 237 g/mol. The van der Waals surface area contributed by atoms with Gasteiger partial charge in [0.1, 0.15) is 5.54 Å². The summed E-state index contributed by atoms with van der Waals surface area (Å²) in [5, 5.41) is 12.5. The molecule has 0 saturated carbocycles. The van der Waals surface area contributed by atoms with Gasteiger partial charge in [-0.2, -0.15) is 5.26 Å². The van der Waals surface area contributed by atoms with E-state index in [-0.39, 0.29) is 5.54 Å². The van der Waals surface area contributed by atoms with E-state index in [2.05, 4.69) is 37.1 Å². The lowest BCUT2D eigenvalue weighted by Gasteiger charge is -2.36. The van der Waals surface area contributed by atoms with Crippen LogP contribution in [0.5, 0.6) is 0 Å². The molecule has 0 amide bonds. The van der Waals surface area contributed by atoms with Crippen LogP contribution >= 0.6 is 0 Å². The maximum absolute atomic E-state index is 9.21. The van der Waals surface area contributed by atoms with Crippen LogP contribution in [0.25, 0.3) is 0 Å². The van der Waals surface area contributed by atoms with Crippen LogP contribution in [0, 0.1) is 23.2 Å². The molecule has 0 aromatic carbocycles. The molecule has 3 nitrogen and oxygen atoms in total. The smallest absolute Gasteiger partial charge is 0.105 e. The van der Waals surface area contributed by atoms with Crippen molar-refractivity contribution in [3.8, 4) is 6.07 Å². The molecule has 1 heterocycles. The number of rotatable bonds is 5. The van der Waals surface area contributed by atoms with Gasteiger partial charge in [-0.1, -0.05) is 20.8 Å². The zero-order valence-corrected chi connectivity index (χ0v) is 11.8. The summed E-state index contributed by atoms with van der Waals surface area (Å²) in [4.78, 5) is 2.51. The standard InChI is InChI=1S/C14H27N3/c1-5-16-14(4,11-15)7-9-17-8-6-12(2)13(3)10-17/h12-13,16H,5-10H2,1-4H3. The zero-order chi connectivity index (χ0) is 12.9. The SMILES string of the molecule is CCNC(C)(C#N)CCN1CCC(C)C(C)C1. The van der Waals surface area contributed by atoms with Gasteiger partial charge >= 0.3 is 0 Å². The number of nitriles is 1. The molecule has 1 aliphatic heterocycles. The maximum atomic E-state index is 9.21. The Labute approximate surface area is 106 Å². The van der Waals surface area contributed by atoms with Gasteiger partial charge in [0.2, 0.25) is 0 Å². The minimum Gasteiger partial charge on any atom is -0.303 e. The summed E-state index contributed by atoms with van der Waals surface area (Å²) >= 11 is 0. The second-order valence-corrected chi connectivity index (χ2v) is 5.77. The van der Waals surface area contributed by atoms with Gasteiger partial charge in [-0.05, 0) is 44.7 Å². The molecule has 3 atom stereocenters. The third-order valence-electron chi connectivity index (χ3n) is 4.16. The van der Waals surface area contributed by atoms with Crippen molar-refractivity contribution in [2.45, 2.75) is 46.1 Å². The third kappa shape index (κ3) is 4.29. The highest BCUT2D eigenvalue weighted by molar-refractivity contribution is 5.03. The van der Waals surface area contributed by atoms with Crippen LogP contribution in [0.4, 0.5) is 0 Å². The third-order valence-corrected chi connectivity index (χ3v) is 4.16. The van der Waals surface area contributed by atoms with E-state index in [0.717, 1.165) is 31.3 Å². The lowest BCUT2D eigenvalue weighted by molar-refractivity contribution is 0.130. The molecule has 1 fully saturated rings. The van der Waals surface area contributed by atoms with Gasteiger partial charge in [0.05, 0.1) is 6.07 Å². The van der Waals surface area contributed by atoms with Gasteiger partial charge in [-0.3, -0.25) is 5.32 Å². The van der Waals surface area contributed by atoms with E-state index in [0.29, 0.717) is 0 Å². The Hall–Kier alpha value is -0.590. The second kappa shape index (κ2) is 6.37. The van der Waals surface area contributed by atoms with Crippen molar-refractivity contribution in [2.24, 2.45) is 11.8 Å². The highest BCUT2D eigenvalue weighted by Crippen LogP contribution is 2.23. The van der Waals surface area contributed by atoms with E-state index in [1.54, 1.807) is 0 Å². The first kappa shape index (κ1) is 14.5. The van der Waals surface area contributed by atoms with Crippen molar-refractivity contribution in [3.05, 3.63) is 0 Å². The Balaban J connectivity index is 2.38. The molecule has 0 aliphatic carbocycles. The van der Waals surface area contributed by atoms with Gasteiger partial charge in [-0.15, -0.1) is 0 Å². The van der Waals surface area contributed by atoms with Crippen LogP contribution in [-0.4, -0.2) is 36.6 Å². The summed E-state index contributed by atoms with van der Waals surface area (Å²) in [7, 11) is 0. The van der Waals surface area contributed by atoms with E-state index < -0.39 is 0 Å². The summed E-state index contributed by atoms with van der Waals surface area (Å²) < 4.78 is 0. The molecule has 0 bridgehead atoms. The van der Waals surface area contributed by atoms with Gasteiger partial charge in [-0.25, -0.2) is 0 Å². The molecular formula is C14H27N3. The Morgan fingerprint density at radius 2 is 2.12 bits per heavy atom. The van der Waals surface area contributed by atoms with Crippen molar-refractivity contribution in [3.63, 3.8) is 0 Å². The van der Waals surface area contributed by atoms with Crippen molar-refractivity contribution in [1.82, 2.24) is 10.2 Å². The van der Waals surface area contributed by atoms with E-state index in [1.807, 2.05) is 6.92 Å². The van der Waals surface area contributed by atoms with Crippen molar-refractivity contribution in [2.75, 3.05) is 26.2 Å². The highest BCUT2D eigenvalue weighted by Gasteiger charge is 2.26. The number of hydrogen-bond acceptors (Lipinski definition) is 3. The Morgan fingerprint density at radius 1 is 1.41 bits per heavy atom. The molecular weight excluding hydrogens is 210 g/mol. The maximum Gasteiger partial charge on any atom is 0.105 e.